The molecule has 0 bridgehead atoms. The molecular formula is C16H27NO. The van der Waals surface area contributed by atoms with Gasteiger partial charge in [-0.15, -0.1) is 0 Å². The van der Waals surface area contributed by atoms with Gasteiger partial charge < -0.3 is 10.1 Å². The highest BCUT2D eigenvalue weighted by Gasteiger charge is 2.23. The van der Waals surface area contributed by atoms with Crippen molar-refractivity contribution in [2.75, 3.05) is 14.2 Å². The first kappa shape index (κ1) is 15.2. The van der Waals surface area contributed by atoms with Gasteiger partial charge in [-0.1, -0.05) is 32.0 Å². The van der Waals surface area contributed by atoms with Crippen LogP contribution in [0.3, 0.4) is 0 Å². The van der Waals surface area contributed by atoms with Gasteiger partial charge in [0.05, 0.1) is 6.10 Å². The van der Waals surface area contributed by atoms with Crippen LogP contribution in [0.1, 0.15) is 30.5 Å². The van der Waals surface area contributed by atoms with Crippen LogP contribution in [0, 0.1) is 19.8 Å². The molecular weight excluding hydrogens is 222 g/mol. The maximum absolute atomic E-state index is 5.63. The van der Waals surface area contributed by atoms with E-state index in [9.17, 15) is 0 Å². The third kappa shape index (κ3) is 3.82. The van der Waals surface area contributed by atoms with Crippen molar-refractivity contribution in [1.29, 1.82) is 0 Å². The Balaban J connectivity index is 2.81. The summed E-state index contributed by atoms with van der Waals surface area (Å²) in [5, 5.41) is 3.39. The number of ether oxygens (including phenoxy) is 1. The Morgan fingerprint density at radius 2 is 1.83 bits per heavy atom. The fourth-order valence-corrected chi connectivity index (χ4v) is 2.47. The molecule has 0 aliphatic heterocycles. The summed E-state index contributed by atoms with van der Waals surface area (Å²) in [5.41, 5.74) is 4.09. The quantitative estimate of drug-likeness (QED) is 0.836. The van der Waals surface area contributed by atoms with Crippen LogP contribution in [0.25, 0.3) is 0 Å². The summed E-state index contributed by atoms with van der Waals surface area (Å²) >= 11 is 0. The lowest BCUT2D eigenvalue weighted by Gasteiger charge is -2.29. The molecule has 0 saturated carbocycles. The number of likely N-dealkylation sites (N-methyl/N-ethyl adjacent to an activating group) is 1. The summed E-state index contributed by atoms with van der Waals surface area (Å²) in [7, 11) is 3.81. The van der Waals surface area contributed by atoms with Gasteiger partial charge in [-0.25, -0.2) is 0 Å². The first-order valence-electron chi connectivity index (χ1n) is 6.75. The van der Waals surface area contributed by atoms with Crippen molar-refractivity contribution in [3.8, 4) is 0 Å². The molecule has 1 aromatic carbocycles. The van der Waals surface area contributed by atoms with E-state index in [4.69, 9.17) is 4.74 Å². The third-order valence-electron chi connectivity index (χ3n) is 3.72. The lowest BCUT2D eigenvalue weighted by Crippen LogP contribution is -2.43. The molecule has 0 aromatic heterocycles. The Bertz CT molecular complexity index is 373. The molecule has 0 saturated heterocycles. The summed E-state index contributed by atoms with van der Waals surface area (Å²) < 4.78 is 5.63. The fraction of sp³-hybridized carbons (Fsp3) is 0.625. The van der Waals surface area contributed by atoms with Crippen molar-refractivity contribution in [3.05, 3.63) is 34.9 Å². The molecule has 2 atom stereocenters. The van der Waals surface area contributed by atoms with E-state index in [2.05, 4.69) is 51.2 Å². The molecule has 1 rings (SSSR count). The largest absolute Gasteiger partial charge is 0.380 e. The molecule has 102 valence electrons. The Morgan fingerprint density at radius 3 is 2.28 bits per heavy atom. The maximum Gasteiger partial charge on any atom is 0.0750 e. The molecule has 2 nitrogen and oxygen atoms in total. The Hall–Kier alpha value is -0.860. The molecule has 1 N–H and O–H groups in total. The number of hydrogen-bond acceptors (Lipinski definition) is 2. The Kier molecular flexibility index (Phi) is 5.83. The first-order valence-corrected chi connectivity index (χ1v) is 6.75. The number of rotatable bonds is 6. The van der Waals surface area contributed by atoms with Gasteiger partial charge in [-0.3, -0.25) is 0 Å². The number of nitrogens with one attached hydrogen (secondary N) is 1. The topological polar surface area (TPSA) is 21.3 Å². The lowest BCUT2D eigenvalue weighted by molar-refractivity contribution is 0.0354. The minimum absolute atomic E-state index is 0.247. The zero-order valence-electron chi connectivity index (χ0n) is 12.6. The van der Waals surface area contributed by atoms with Crippen molar-refractivity contribution in [2.45, 2.75) is 46.3 Å². The molecule has 0 aliphatic carbocycles. The average molecular weight is 249 g/mol. The predicted octanol–water partition coefficient (Wildman–Crippen LogP) is 3.10. The van der Waals surface area contributed by atoms with Crippen molar-refractivity contribution >= 4 is 0 Å². The third-order valence-corrected chi connectivity index (χ3v) is 3.72. The van der Waals surface area contributed by atoms with E-state index < -0.39 is 0 Å². The van der Waals surface area contributed by atoms with Gasteiger partial charge in [0.2, 0.25) is 0 Å². The second-order valence-electron chi connectivity index (χ2n) is 5.46. The van der Waals surface area contributed by atoms with Crippen LogP contribution in [0.4, 0.5) is 0 Å². The van der Waals surface area contributed by atoms with Crippen molar-refractivity contribution < 1.29 is 4.74 Å². The van der Waals surface area contributed by atoms with Gasteiger partial charge in [-0.2, -0.15) is 0 Å². The van der Waals surface area contributed by atoms with Crippen molar-refractivity contribution in [1.82, 2.24) is 5.32 Å². The van der Waals surface area contributed by atoms with E-state index in [-0.39, 0.29) is 6.10 Å². The summed E-state index contributed by atoms with van der Waals surface area (Å²) in [6.45, 7) is 8.74. The average Bonchev–Trinajstić information content (AvgIpc) is 2.33. The smallest absolute Gasteiger partial charge is 0.0750 e. The van der Waals surface area contributed by atoms with Gasteiger partial charge in [0.15, 0.2) is 0 Å². The van der Waals surface area contributed by atoms with E-state index in [0.717, 1.165) is 6.42 Å². The van der Waals surface area contributed by atoms with Crippen LogP contribution in [-0.4, -0.2) is 26.3 Å². The second kappa shape index (κ2) is 6.91. The molecule has 0 aliphatic rings. The minimum atomic E-state index is 0.247. The zero-order valence-corrected chi connectivity index (χ0v) is 12.6. The zero-order chi connectivity index (χ0) is 13.7. The van der Waals surface area contributed by atoms with Crippen LogP contribution >= 0.6 is 0 Å². The number of aryl methyl sites for hydroxylation is 2. The highest BCUT2D eigenvalue weighted by atomic mass is 16.5. The van der Waals surface area contributed by atoms with Crippen LogP contribution < -0.4 is 5.32 Å². The summed E-state index contributed by atoms with van der Waals surface area (Å²) in [4.78, 5) is 0. The monoisotopic (exact) mass is 249 g/mol. The molecule has 0 amide bonds. The maximum atomic E-state index is 5.63. The highest BCUT2D eigenvalue weighted by Crippen LogP contribution is 2.17. The van der Waals surface area contributed by atoms with Crippen LogP contribution in [0.5, 0.6) is 0 Å². The minimum Gasteiger partial charge on any atom is -0.380 e. The van der Waals surface area contributed by atoms with Crippen molar-refractivity contribution in [2.24, 2.45) is 5.92 Å². The molecule has 0 heterocycles. The number of hydrogen-bond donors (Lipinski definition) is 1. The van der Waals surface area contributed by atoms with E-state index in [1.165, 1.54) is 16.7 Å². The van der Waals surface area contributed by atoms with Gasteiger partial charge in [0.1, 0.15) is 0 Å². The van der Waals surface area contributed by atoms with E-state index in [0.29, 0.717) is 12.0 Å². The molecule has 2 unspecified atom stereocenters. The Morgan fingerprint density at radius 1 is 1.17 bits per heavy atom. The summed E-state index contributed by atoms with van der Waals surface area (Å²) in [5.74, 6) is 0.513. The van der Waals surface area contributed by atoms with Crippen LogP contribution in [0.15, 0.2) is 18.2 Å². The predicted molar refractivity (Wildman–Crippen MR) is 78.1 cm³/mol. The van der Waals surface area contributed by atoms with E-state index in [1.54, 1.807) is 7.11 Å². The normalized spacial score (nSPS) is 14.8. The Labute approximate surface area is 112 Å². The summed E-state index contributed by atoms with van der Waals surface area (Å²) in [6.07, 6.45) is 1.26. The molecule has 0 spiro atoms. The van der Waals surface area contributed by atoms with Gasteiger partial charge in [-0.05, 0) is 49.9 Å². The van der Waals surface area contributed by atoms with Gasteiger partial charge >= 0.3 is 0 Å². The standard InChI is InChI=1S/C16H27NO/c1-11(2)16(18-6)15(17-5)10-14-8-7-12(3)13(4)9-14/h7-9,11,15-17H,10H2,1-6H3. The first-order chi connectivity index (χ1) is 8.49. The van der Waals surface area contributed by atoms with E-state index >= 15 is 0 Å². The SMILES string of the molecule is CNC(Cc1ccc(C)c(C)c1)C(OC)C(C)C. The molecule has 1 aromatic rings. The van der Waals surface area contributed by atoms with Crippen LogP contribution in [0.2, 0.25) is 0 Å². The second-order valence-corrected chi connectivity index (χ2v) is 5.46. The van der Waals surface area contributed by atoms with Crippen LogP contribution in [-0.2, 0) is 11.2 Å². The molecule has 0 radical (unpaired) electrons. The fourth-order valence-electron chi connectivity index (χ4n) is 2.47. The van der Waals surface area contributed by atoms with Gasteiger partial charge in [0, 0.05) is 13.2 Å². The highest BCUT2D eigenvalue weighted by molar-refractivity contribution is 5.30. The number of benzene rings is 1. The van der Waals surface area contributed by atoms with Crippen molar-refractivity contribution in [3.63, 3.8) is 0 Å². The molecule has 2 heteroatoms. The summed E-state index contributed by atoms with van der Waals surface area (Å²) in [6, 6.07) is 7.07. The van der Waals surface area contributed by atoms with Gasteiger partial charge in [0.25, 0.3) is 0 Å². The molecule has 18 heavy (non-hydrogen) atoms. The molecule has 0 fully saturated rings. The number of methoxy groups -OCH3 is 1. The van der Waals surface area contributed by atoms with E-state index in [1.807, 2.05) is 7.05 Å². The lowest BCUT2D eigenvalue weighted by atomic mass is 9.93.